The number of aromatic nitrogens is 2. The molecule has 1 aliphatic heterocycles. The number of hydrogen-bond donors (Lipinski definition) is 1. The van der Waals surface area contributed by atoms with Gasteiger partial charge < -0.3 is 10.0 Å². The summed E-state index contributed by atoms with van der Waals surface area (Å²) in [6.45, 7) is 2.68. The molecule has 1 fully saturated rings. The predicted molar refractivity (Wildman–Crippen MR) is 91.2 cm³/mol. The molecule has 1 amide bonds. The van der Waals surface area contributed by atoms with Gasteiger partial charge in [-0.05, 0) is 31.4 Å². The third-order valence-corrected chi connectivity index (χ3v) is 4.49. The molecule has 136 valence electrons. The lowest BCUT2D eigenvalue weighted by molar-refractivity contribution is -0.384. The molecule has 1 aliphatic rings. The molecule has 1 N–H and O–H groups in total. The molecular formula is C17H18N4O5. The van der Waals surface area contributed by atoms with Crippen molar-refractivity contribution >= 4 is 17.6 Å². The fourth-order valence-corrected chi connectivity index (χ4v) is 3.16. The molecule has 0 atom stereocenters. The summed E-state index contributed by atoms with van der Waals surface area (Å²) in [5.74, 6) is -1.26. The fourth-order valence-electron chi connectivity index (χ4n) is 3.16. The Bertz CT molecular complexity index is 868. The maximum atomic E-state index is 12.7. The van der Waals surface area contributed by atoms with Crippen LogP contribution in [0.5, 0.6) is 0 Å². The molecule has 0 unspecified atom stereocenters. The van der Waals surface area contributed by atoms with Crippen LogP contribution in [0.2, 0.25) is 0 Å². The van der Waals surface area contributed by atoms with Crippen molar-refractivity contribution in [2.45, 2.75) is 25.8 Å². The van der Waals surface area contributed by atoms with Crippen molar-refractivity contribution in [2.24, 2.45) is 0 Å². The van der Waals surface area contributed by atoms with Crippen LogP contribution >= 0.6 is 0 Å². The van der Waals surface area contributed by atoms with E-state index in [2.05, 4.69) is 5.10 Å². The summed E-state index contributed by atoms with van der Waals surface area (Å²) in [5, 5.41) is 24.0. The Hall–Kier alpha value is -3.23. The SMILES string of the molecule is Cc1cc(C(=O)N2CCC(n3cc(C(=O)O)cn3)CC2)cc([N+](=O)[O-])c1. The smallest absolute Gasteiger partial charge is 0.338 e. The van der Waals surface area contributed by atoms with Crippen LogP contribution < -0.4 is 0 Å². The molecular weight excluding hydrogens is 340 g/mol. The Morgan fingerprint density at radius 1 is 1.23 bits per heavy atom. The van der Waals surface area contributed by atoms with Crippen LogP contribution in [0.1, 0.15) is 45.2 Å². The number of carbonyl (C=O) groups is 2. The summed E-state index contributed by atoms with van der Waals surface area (Å²) >= 11 is 0. The Morgan fingerprint density at radius 3 is 2.50 bits per heavy atom. The Morgan fingerprint density at radius 2 is 1.92 bits per heavy atom. The van der Waals surface area contributed by atoms with Crippen LogP contribution in [0.15, 0.2) is 30.6 Å². The van der Waals surface area contributed by atoms with Gasteiger partial charge in [-0.2, -0.15) is 5.10 Å². The third-order valence-electron chi connectivity index (χ3n) is 4.49. The number of carbonyl (C=O) groups excluding carboxylic acids is 1. The minimum Gasteiger partial charge on any atom is -0.478 e. The number of aromatic carboxylic acids is 1. The van der Waals surface area contributed by atoms with E-state index in [9.17, 15) is 19.7 Å². The van der Waals surface area contributed by atoms with Crippen LogP contribution in [0, 0.1) is 17.0 Å². The van der Waals surface area contributed by atoms with Crippen molar-refractivity contribution in [1.29, 1.82) is 0 Å². The van der Waals surface area contributed by atoms with Gasteiger partial charge in [0.15, 0.2) is 0 Å². The second-order valence-corrected chi connectivity index (χ2v) is 6.35. The highest BCUT2D eigenvalue weighted by atomic mass is 16.6. The Balaban J connectivity index is 1.68. The maximum Gasteiger partial charge on any atom is 0.338 e. The van der Waals surface area contributed by atoms with Gasteiger partial charge in [0.25, 0.3) is 11.6 Å². The molecule has 0 aliphatic carbocycles. The standard InChI is InChI=1S/C17H18N4O5/c1-11-6-12(8-15(7-11)21(25)26)16(22)19-4-2-14(3-5-19)20-10-13(9-18-20)17(23)24/h6-10,14H,2-5H2,1H3,(H,23,24). The van der Waals surface area contributed by atoms with Gasteiger partial charge in [-0.1, -0.05) is 0 Å². The van der Waals surface area contributed by atoms with Crippen molar-refractivity contribution in [3.63, 3.8) is 0 Å². The quantitative estimate of drug-likeness (QED) is 0.661. The second kappa shape index (κ2) is 6.95. The summed E-state index contributed by atoms with van der Waals surface area (Å²) in [4.78, 5) is 35.8. The Labute approximate surface area is 149 Å². The van der Waals surface area contributed by atoms with Gasteiger partial charge in [-0.25, -0.2) is 4.79 Å². The van der Waals surface area contributed by atoms with E-state index in [4.69, 9.17) is 5.11 Å². The molecule has 3 rings (SSSR count). The molecule has 0 bridgehead atoms. The number of carboxylic acids is 1. The van der Waals surface area contributed by atoms with Gasteiger partial charge in [0.1, 0.15) is 0 Å². The third kappa shape index (κ3) is 3.56. The van der Waals surface area contributed by atoms with Gasteiger partial charge in [-0.3, -0.25) is 19.6 Å². The highest BCUT2D eigenvalue weighted by Crippen LogP contribution is 2.25. The van der Waals surface area contributed by atoms with E-state index in [1.54, 1.807) is 22.6 Å². The van der Waals surface area contributed by atoms with E-state index in [0.29, 0.717) is 37.1 Å². The lowest BCUT2D eigenvalue weighted by Gasteiger charge is -2.32. The molecule has 9 heteroatoms. The summed E-state index contributed by atoms with van der Waals surface area (Å²) < 4.78 is 1.63. The van der Waals surface area contributed by atoms with Crippen LogP contribution in [0.3, 0.4) is 0 Å². The number of carboxylic acid groups (broad SMARTS) is 1. The number of aryl methyl sites for hydroxylation is 1. The molecule has 9 nitrogen and oxygen atoms in total. The number of nitro groups is 1. The first-order valence-electron chi connectivity index (χ1n) is 8.18. The van der Waals surface area contributed by atoms with Crippen LogP contribution in [-0.2, 0) is 0 Å². The summed E-state index contributed by atoms with van der Waals surface area (Å²) in [6.07, 6.45) is 4.08. The summed E-state index contributed by atoms with van der Waals surface area (Å²) in [7, 11) is 0. The largest absolute Gasteiger partial charge is 0.478 e. The zero-order chi connectivity index (χ0) is 18.8. The minimum atomic E-state index is -1.02. The number of amides is 1. The molecule has 0 spiro atoms. The van der Waals surface area contributed by atoms with Crippen LogP contribution in [0.25, 0.3) is 0 Å². The predicted octanol–water partition coefficient (Wildman–Crippen LogP) is 2.28. The van der Waals surface area contributed by atoms with E-state index in [1.165, 1.54) is 24.5 Å². The molecule has 0 radical (unpaired) electrons. The number of hydrogen-bond acceptors (Lipinski definition) is 5. The summed E-state index contributed by atoms with van der Waals surface area (Å²) in [6, 6.07) is 4.40. The number of nitrogens with zero attached hydrogens (tertiary/aromatic N) is 4. The van der Waals surface area contributed by atoms with E-state index in [-0.39, 0.29) is 23.2 Å². The normalized spacial score (nSPS) is 15.0. The maximum absolute atomic E-state index is 12.7. The van der Waals surface area contributed by atoms with Crippen LogP contribution in [0.4, 0.5) is 5.69 Å². The van der Waals surface area contributed by atoms with Crippen LogP contribution in [-0.4, -0.2) is 49.7 Å². The summed E-state index contributed by atoms with van der Waals surface area (Å²) in [5.41, 5.74) is 1.01. The number of non-ortho nitro benzene ring substituents is 1. The average molecular weight is 358 g/mol. The van der Waals surface area contributed by atoms with Gasteiger partial charge in [0, 0.05) is 37.0 Å². The first kappa shape index (κ1) is 17.6. The zero-order valence-corrected chi connectivity index (χ0v) is 14.2. The molecule has 2 aromatic rings. The molecule has 2 heterocycles. The van der Waals surface area contributed by atoms with E-state index < -0.39 is 10.9 Å². The van der Waals surface area contributed by atoms with Crippen molar-refractivity contribution in [2.75, 3.05) is 13.1 Å². The van der Waals surface area contributed by atoms with Gasteiger partial charge >= 0.3 is 5.97 Å². The molecule has 1 aromatic carbocycles. The van der Waals surface area contributed by atoms with E-state index in [0.717, 1.165) is 0 Å². The highest BCUT2D eigenvalue weighted by molar-refractivity contribution is 5.95. The average Bonchev–Trinajstić information content (AvgIpc) is 3.11. The molecule has 1 aromatic heterocycles. The molecule has 1 saturated heterocycles. The van der Waals surface area contributed by atoms with Crippen molar-refractivity contribution in [3.05, 3.63) is 57.4 Å². The van der Waals surface area contributed by atoms with E-state index >= 15 is 0 Å². The van der Waals surface area contributed by atoms with E-state index in [1.807, 2.05) is 0 Å². The minimum absolute atomic E-state index is 0.0268. The molecule has 26 heavy (non-hydrogen) atoms. The topological polar surface area (TPSA) is 119 Å². The zero-order valence-electron chi connectivity index (χ0n) is 14.2. The number of benzene rings is 1. The fraction of sp³-hybridized carbons (Fsp3) is 0.353. The number of likely N-dealkylation sites (tertiary alicyclic amines) is 1. The first-order valence-corrected chi connectivity index (χ1v) is 8.18. The number of rotatable bonds is 4. The molecule has 0 saturated carbocycles. The van der Waals surface area contributed by atoms with Crippen molar-refractivity contribution in [3.8, 4) is 0 Å². The first-order chi connectivity index (χ1) is 12.3. The van der Waals surface area contributed by atoms with Gasteiger partial charge in [-0.15, -0.1) is 0 Å². The highest BCUT2D eigenvalue weighted by Gasteiger charge is 2.26. The van der Waals surface area contributed by atoms with Gasteiger partial charge in [0.2, 0.25) is 0 Å². The monoisotopic (exact) mass is 358 g/mol. The lowest BCUT2D eigenvalue weighted by atomic mass is 10.0. The lowest BCUT2D eigenvalue weighted by Crippen LogP contribution is -2.39. The second-order valence-electron chi connectivity index (χ2n) is 6.35. The number of piperidine rings is 1. The number of nitro benzene ring substituents is 1. The van der Waals surface area contributed by atoms with Crippen molar-refractivity contribution < 1.29 is 19.6 Å². The van der Waals surface area contributed by atoms with Crippen molar-refractivity contribution in [1.82, 2.24) is 14.7 Å². The van der Waals surface area contributed by atoms with Gasteiger partial charge in [0.05, 0.1) is 22.7 Å². The Kier molecular flexibility index (Phi) is 4.70.